The highest BCUT2D eigenvalue weighted by Crippen LogP contribution is 2.17. The number of hydrogen-bond acceptors (Lipinski definition) is 5. The maximum Gasteiger partial charge on any atom is 0.260 e. The number of rotatable bonds is 10. The molecule has 0 atom stereocenters. The molecule has 2 rings (SSSR count). The Morgan fingerprint density at radius 3 is 2.60 bits per heavy atom. The highest BCUT2D eigenvalue weighted by Gasteiger charge is 2.26. The molecule has 1 fully saturated rings. The molecule has 0 radical (unpaired) electrons. The second kappa shape index (κ2) is 10.6. The van der Waals surface area contributed by atoms with Crippen molar-refractivity contribution in [3.63, 3.8) is 0 Å². The van der Waals surface area contributed by atoms with Crippen molar-refractivity contribution in [1.82, 2.24) is 14.2 Å². The highest BCUT2D eigenvalue weighted by atomic mass is 79.9. The number of pyridine rings is 1. The smallest absolute Gasteiger partial charge is 0.260 e. The van der Waals surface area contributed by atoms with Crippen molar-refractivity contribution >= 4 is 26.0 Å². The number of ether oxygens (including phenoxy) is 1. The van der Waals surface area contributed by atoms with Gasteiger partial charge in [-0.2, -0.15) is 4.31 Å². The molecule has 0 aromatic carbocycles. The van der Waals surface area contributed by atoms with E-state index in [1.807, 2.05) is 0 Å². The predicted molar refractivity (Wildman–Crippen MR) is 102 cm³/mol. The summed E-state index contributed by atoms with van der Waals surface area (Å²) < 4.78 is 33.7. The number of halogens is 1. The Labute approximate surface area is 159 Å². The first-order valence-electron chi connectivity index (χ1n) is 8.96. The summed E-state index contributed by atoms with van der Waals surface area (Å²) in [5.41, 5.74) is 0. The average Bonchev–Trinajstić information content (AvgIpc) is 2.62. The lowest BCUT2D eigenvalue weighted by molar-refractivity contribution is 0.0362. The van der Waals surface area contributed by atoms with Gasteiger partial charge in [0, 0.05) is 43.4 Å². The van der Waals surface area contributed by atoms with E-state index >= 15 is 0 Å². The molecular formula is C17H28BrN3O3S. The summed E-state index contributed by atoms with van der Waals surface area (Å²) >= 11 is 3.30. The number of aromatic nitrogens is 1. The molecule has 8 heteroatoms. The van der Waals surface area contributed by atoms with Crippen molar-refractivity contribution in [3.05, 3.63) is 22.8 Å². The normalized spacial score (nSPS) is 16.4. The van der Waals surface area contributed by atoms with E-state index in [0.717, 1.165) is 63.0 Å². The Morgan fingerprint density at radius 2 is 1.96 bits per heavy atom. The molecule has 0 aliphatic carbocycles. The van der Waals surface area contributed by atoms with Gasteiger partial charge in [0.1, 0.15) is 0 Å². The number of hydrogen-bond donors (Lipinski definition) is 0. The van der Waals surface area contributed by atoms with Gasteiger partial charge in [-0.15, -0.1) is 0 Å². The zero-order valence-corrected chi connectivity index (χ0v) is 17.3. The molecule has 2 heterocycles. The van der Waals surface area contributed by atoms with Crippen LogP contribution in [0.25, 0.3) is 0 Å². The molecule has 142 valence electrons. The van der Waals surface area contributed by atoms with Crippen LogP contribution in [0.3, 0.4) is 0 Å². The molecule has 1 aromatic rings. The highest BCUT2D eigenvalue weighted by molar-refractivity contribution is 9.10. The summed E-state index contributed by atoms with van der Waals surface area (Å²) in [6, 6.07) is 3.28. The van der Waals surface area contributed by atoms with E-state index in [4.69, 9.17) is 4.74 Å². The molecule has 0 spiro atoms. The largest absolute Gasteiger partial charge is 0.379 e. The minimum absolute atomic E-state index is 0.119. The molecule has 0 bridgehead atoms. The topological polar surface area (TPSA) is 62.7 Å². The average molecular weight is 434 g/mol. The lowest BCUT2D eigenvalue weighted by Crippen LogP contribution is -2.43. The van der Waals surface area contributed by atoms with Gasteiger partial charge in [0.05, 0.1) is 13.2 Å². The molecule has 0 saturated carbocycles. The third-order valence-corrected chi connectivity index (χ3v) is 6.62. The van der Waals surface area contributed by atoms with Crippen molar-refractivity contribution in [2.75, 3.05) is 45.9 Å². The van der Waals surface area contributed by atoms with Gasteiger partial charge in [0.2, 0.25) is 0 Å². The Hall–Kier alpha value is -0.540. The molecule has 1 aromatic heterocycles. The van der Waals surface area contributed by atoms with Gasteiger partial charge in [0.25, 0.3) is 10.0 Å². The lowest BCUT2D eigenvalue weighted by atomic mass is 10.2. The summed E-state index contributed by atoms with van der Waals surface area (Å²) in [4.78, 5) is 6.36. The van der Waals surface area contributed by atoms with Crippen LogP contribution in [0.15, 0.2) is 27.8 Å². The van der Waals surface area contributed by atoms with Crippen LogP contribution in [0, 0.1) is 0 Å². The summed E-state index contributed by atoms with van der Waals surface area (Å²) in [6.07, 6.45) is 5.73. The van der Waals surface area contributed by atoms with E-state index in [2.05, 4.69) is 32.7 Å². The predicted octanol–water partition coefficient (Wildman–Crippen LogP) is 2.75. The summed E-state index contributed by atoms with van der Waals surface area (Å²) in [6.45, 7) is 7.08. The monoisotopic (exact) mass is 433 g/mol. The quantitative estimate of drug-likeness (QED) is 0.530. The van der Waals surface area contributed by atoms with Gasteiger partial charge in [-0.1, -0.05) is 26.2 Å². The van der Waals surface area contributed by atoms with Gasteiger partial charge in [-0.3, -0.25) is 4.90 Å². The standard InChI is InChI=1S/C17H28BrN3O3S/c1-2-3-4-5-8-21(10-9-20-11-13-24-14-12-20)25(22,23)17-7-6-16(18)15-19-17/h6-7,15H,2-5,8-14H2,1H3. The van der Waals surface area contributed by atoms with Crippen molar-refractivity contribution in [2.24, 2.45) is 0 Å². The van der Waals surface area contributed by atoms with E-state index < -0.39 is 10.0 Å². The van der Waals surface area contributed by atoms with E-state index in [1.54, 1.807) is 16.4 Å². The second-order valence-electron chi connectivity index (χ2n) is 6.23. The first-order chi connectivity index (χ1) is 12.0. The van der Waals surface area contributed by atoms with Crippen LogP contribution in [0.5, 0.6) is 0 Å². The van der Waals surface area contributed by atoms with Gasteiger partial charge >= 0.3 is 0 Å². The molecule has 0 amide bonds. The zero-order chi connectivity index (χ0) is 18.1. The van der Waals surface area contributed by atoms with Crippen LogP contribution in [0.4, 0.5) is 0 Å². The third kappa shape index (κ3) is 6.60. The van der Waals surface area contributed by atoms with E-state index in [9.17, 15) is 8.42 Å². The van der Waals surface area contributed by atoms with E-state index in [0.29, 0.717) is 13.1 Å². The van der Waals surface area contributed by atoms with Gasteiger partial charge in [-0.25, -0.2) is 13.4 Å². The minimum atomic E-state index is -3.56. The number of unbranched alkanes of at least 4 members (excludes halogenated alkanes) is 3. The molecule has 6 nitrogen and oxygen atoms in total. The van der Waals surface area contributed by atoms with Crippen molar-refractivity contribution in [2.45, 2.75) is 37.6 Å². The number of morpholine rings is 1. The second-order valence-corrected chi connectivity index (χ2v) is 9.03. The molecule has 0 N–H and O–H groups in total. The zero-order valence-electron chi connectivity index (χ0n) is 14.9. The molecule has 1 aliphatic rings. The van der Waals surface area contributed by atoms with Gasteiger partial charge in [-0.05, 0) is 34.5 Å². The van der Waals surface area contributed by atoms with Crippen LogP contribution in [-0.2, 0) is 14.8 Å². The third-order valence-electron chi connectivity index (χ3n) is 4.33. The van der Waals surface area contributed by atoms with Gasteiger partial charge in [0.15, 0.2) is 5.03 Å². The molecular weight excluding hydrogens is 406 g/mol. The Morgan fingerprint density at radius 1 is 1.20 bits per heavy atom. The molecule has 25 heavy (non-hydrogen) atoms. The summed E-state index contributed by atoms with van der Waals surface area (Å²) in [5.74, 6) is 0. The van der Waals surface area contributed by atoms with E-state index in [1.165, 1.54) is 6.20 Å². The molecule has 1 aliphatic heterocycles. The minimum Gasteiger partial charge on any atom is -0.379 e. The van der Waals surface area contributed by atoms with E-state index in [-0.39, 0.29) is 5.03 Å². The fraction of sp³-hybridized carbons (Fsp3) is 0.706. The molecule has 0 unspecified atom stereocenters. The number of sulfonamides is 1. The van der Waals surface area contributed by atoms with Crippen molar-refractivity contribution < 1.29 is 13.2 Å². The Kier molecular flexibility index (Phi) is 8.78. The van der Waals surface area contributed by atoms with Crippen LogP contribution < -0.4 is 0 Å². The maximum absolute atomic E-state index is 13.0. The SMILES string of the molecule is CCCCCCN(CCN1CCOCC1)S(=O)(=O)c1ccc(Br)cn1. The first kappa shape index (κ1) is 20.8. The first-order valence-corrected chi connectivity index (χ1v) is 11.2. The summed E-state index contributed by atoms with van der Waals surface area (Å²) in [7, 11) is -3.56. The maximum atomic E-state index is 13.0. The lowest BCUT2D eigenvalue weighted by Gasteiger charge is -2.29. The number of nitrogens with zero attached hydrogens (tertiary/aromatic N) is 3. The van der Waals surface area contributed by atoms with Crippen LogP contribution in [-0.4, -0.2) is 68.5 Å². The van der Waals surface area contributed by atoms with Gasteiger partial charge < -0.3 is 4.74 Å². The van der Waals surface area contributed by atoms with Crippen LogP contribution >= 0.6 is 15.9 Å². The van der Waals surface area contributed by atoms with Crippen LogP contribution in [0.1, 0.15) is 32.6 Å². The van der Waals surface area contributed by atoms with Crippen molar-refractivity contribution in [3.8, 4) is 0 Å². The van der Waals surface area contributed by atoms with Crippen molar-refractivity contribution in [1.29, 1.82) is 0 Å². The Balaban J connectivity index is 2.04. The molecule has 1 saturated heterocycles. The fourth-order valence-corrected chi connectivity index (χ4v) is 4.41. The Bertz CT molecular complexity index is 604. The fourth-order valence-electron chi connectivity index (χ4n) is 2.79. The summed E-state index contributed by atoms with van der Waals surface area (Å²) in [5, 5.41) is 0.119. The van der Waals surface area contributed by atoms with Crippen LogP contribution in [0.2, 0.25) is 0 Å².